The monoisotopic (exact) mass is 359 g/mol. The van der Waals surface area contributed by atoms with Crippen LogP contribution in [0.1, 0.15) is 17.3 Å². The quantitative estimate of drug-likeness (QED) is 0.652. The highest BCUT2D eigenvalue weighted by Crippen LogP contribution is 2.34. The summed E-state index contributed by atoms with van der Waals surface area (Å²) < 4.78 is 15.3. The first-order chi connectivity index (χ1) is 12.1. The third-order valence-corrected chi connectivity index (χ3v) is 4.75. The predicted octanol–water partition coefficient (Wildman–Crippen LogP) is 3.32. The molecule has 0 saturated heterocycles. The van der Waals surface area contributed by atoms with Gasteiger partial charge in [-0.05, 0) is 31.2 Å². The number of anilines is 1. The highest BCUT2D eigenvalue weighted by molar-refractivity contribution is 8.00. The van der Waals surface area contributed by atoms with Gasteiger partial charge >= 0.3 is 5.97 Å². The van der Waals surface area contributed by atoms with Crippen molar-refractivity contribution in [2.24, 2.45) is 0 Å². The van der Waals surface area contributed by atoms with E-state index in [9.17, 15) is 9.59 Å². The summed E-state index contributed by atoms with van der Waals surface area (Å²) in [4.78, 5) is 25.0. The van der Waals surface area contributed by atoms with Gasteiger partial charge in [0, 0.05) is 16.6 Å². The molecule has 6 nitrogen and oxygen atoms in total. The number of benzene rings is 2. The standard InChI is InChI=1S/C18H17NO5S/c1-11(18(21)22-2)25-16-6-4-3-5-13(16)17(20)19-12-7-8-14-15(9-12)24-10-23-14/h3-9,11H,10H2,1-2H3,(H,19,20). The van der Waals surface area contributed by atoms with Crippen molar-refractivity contribution in [1.29, 1.82) is 0 Å². The molecule has 0 saturated carbocycles. The molecule has 1 unspecified atom stereocenters. The lowest BCUT2D eigenvalue weighted by Gasteiger charge is -2.13. The number of ether oxygens (including phenoxy) is 3. The third-order valence-electron chi connectivity index (χ3n) is 3.60. The molecule has 1 aliphatic heterocycles. The minimum absolute atomic E-state index is 0.178. The number of amides is 1. The van der Waals surface area contributed by atoms with Gasteiger partial charge < -0.3 is 19.5 Å². The average molecular weight is 359 g/mol. The molecule has 0 bridgehead atoms. The molecule has 1 amide bonds. The van der Waals surface area contributed by atoms with Crippen LogP contribution in [0.4, 0.5) is 5.69 Å². The molecule has 0 aromatic heterocycles. The smallest absolute Gasteiger partial charge is 0.318 e. The Labute approximate surface area is 149 Å². The molecular weight excluding hydrogens is 342 g/mol. The van der Waals surface area contributed by atoms with E-state index in [0.717, 1.165) is 0 Å². The van der Waals surface area contributed by atoms with Crippen molar-refractivity contribution in [3.8, 4) is 11.5 Å². The zero-order chi connectivity index (χ0) is 17.8. The second-order valence-corrected chi connectivity index (χ2v) is 6.68. The van der Waals surface area contributed by atoms with Gasteiger partial charge in [-0.25, -0.2) is 0 Å². The molecule has 2 aromatic rings. The molecule has 1 N–H and O–H groups in total. The van der Waals surface area contributed by atoms with Crippen LogP contribution in [0.2, 0.25) is 0 Å². The fraction of sp³-hybridized carbons (Fsp3) is 0.222. The largest absolute Gasteiger partial charge is 0.468 e. The van der Waals surface area contributed by atoms with Crippen molar-refractivity contribution in [1.82, 2.24) is 0 Å². The Bertz CT molecular complexity index is 808. The maximum absolute atomic E-state index is 12.6. The van der Waals surface area contributed by atoms with Gasteiger partial charge in [0.05, 0.1) is 12.7 Å². The Kier molecular flexibility index (Phi) is 5.14. The topological polar surface area (TPSA) is 73.9 Å². The summed E-state index contributed by atoms with van der Waals surface area (Å²) in [6.07, 6.45) is 0. The number of hydrogen-bond acceptors (Lipinski definition) is 6. The second kappa shape index (κ2) is 7.48. The molecular formula is C18H17NO5S. The first-order valence-corrected chi connectivity index (χ1v) is 8.51. The highest BCUT2D eigenvalue weighted by Gasteiger charge is 2.20. The molecule has 0 spiro atoms. The van der Waals surface area contributed by atoms with E-state index >= 15 is 0 Å². The maximum Gasteiger partial charge on any atom is 0.318 e. The van der Waals surface area contributed by atoms with E-state index in [1.54, 1.807) is 43.3 Å². The normalized spacial score (nSPS) is 13.2. The van der Waals surface area contributed by atoms with E-state index in [0.29, 0.717) is 27.6 Å². The zero-order valence-corrected chi connectivity index (χ0v) is 14.6. The molecule has 1 atom stereocenters. The highest BCUT2D eigenvalue weighted by atomic mass is 32.2. The number of hydrogen-bond donors (Lipinski definition) is 1. The number of esters is 1. The lowest BCUT2D eigenvalue weighted by Crippen LogP contribution is -2.17. The fourth-order valence-corrected chi connectivity index (χ4v) is 3.35. The SMILES string of the molecule is COC(=O)C(C)Sc1ccccc1C(=O)Nc1ccc2c(c1)OCO2. The first kappa shape index (κ1) is 17.2. The summed E-state index contributed by atoms with van der Waals surface area (Å²) >= 11 is 1.28. The van der Waals surface area contributed by atoms with Crippen molar-refractivity contribution < 1.29 is 23.8 Å². The van der Waals surface area contributed by atoms with Crippen LogP contribution in [0.15, 0.2) is 47.4 Å². The number of methoxy groups -OCH3 is 1. The first-order valence-electron chi connectivity index (χ1n) is 7.63. The summed E-state index contributed by atoms with van der Waals surface area (Å²) in [7, 11) is 1.34. The van der Waals surface area contributed by atoms with Gasteiger partial charge in [-0.15, -0.1) is 11.8 Å². The van der Waals surface area contributed by atoms with E-state index in [2.05, 4.69) is 5.32 Å². The number of carbonyl (C=O) groups excluding carboxylic acids is 2. The average Bonchev–Trinajstić information content (AvgIpc) is 3.09. The molecule has 0 fully saturated rings. The van der Waals surface area contributed by atoms with Gasteiger partial charge in [0.15, 0.2) is 11.5 Å². The van der Waals surface area contributed by atoms with E-state index < -0.39 is 5.25 Å². The summed E-state index contributed by atoms with van der Waals surface area (Å²) in [6, 6.07) is 12.3. The van der Waals surface area contributed by atoms with Crippen molar-refractivity contribution in [2.75, 3.05) is 19.2 Å². The third kappa shape index (κ3) is 3.88. The van der Waals surface area contributed by atoms with Crippen LogP contribution in [0.3, 0.4) is 0 Å². The molecule has 1 aliphatic rings. The molecule has 3 rings (SSSR count). The van der Waals surface area contributed by atoms with Crippen molar-refractivity contribution in [2.45, 2.75) is 17.1 Å². The number of rotatable bonds is 5. The van der Waals surface area contributed by atoms with Crippen molar-refractivity contribution >= 4 is 29.3 Å². The van der Waals surface area contributed by atoms with Crippen LogP contribution < -0.4 is 14.8 Å². The molecule has 2 aromatic carbocycles. The fourth-order valence-electron chi connectivity index (χ4n) is 2.33. The Balaban J connectivity index is 1.77. The molecule has 7 heteroatoms. The van der Waals surface area contributed by atoms with Crippen LogP contribution in [0.25, 0.3) is 0 Å². The zero-order valence-electron chi connectivity index (χ0n) is 13.8. The van der Waals surface area contributed by atoms with Crippen LogP contribution in [-0.2, 0) is 9.53 Å². The number of carbonyl (C=O) groups is 2. The van der Waals surface area contributed by atoms with Gasteiger partial charge in [-0.3, -0.25) is 9.59 Å². The minimum atomic E-state index is -0.413. The molecule has 1 heterocycles. The molecule has 130 valence electrons. The van der Waals surface area contributed by atoms with Gasteiger partial charge in [0.2, 0.25) is 6.79 Å². The van der Waals surface area contributed by atoms with E-state index in [-0.39, 0.29) is 18.7 Å². The molecule has 25 heavy (non-hydrogen) atoms. The summed E-state index contributed by atoms with van der Waals surface area (Å²) in [5, 5.41) is 2.43. The molecule has 0 aliphatic carbocycles. The number of nitrogens with one attached hydrogen (secondary N) is 1. The summed E-state index contributed by atoms with van der Waals surface area (Å²) in [5.41, 5.74) is 1.09. The van der Waals surface area contributed by atoms with Crippen LogP contribution in [0.5, 0.6) is 11.5 Å². The van der Waals surface area contributed by atoms with Gasteiger partial charge in [-0.1, -0.05) is 12.1 Å². The minimum Gasteiger partial charge on any atom is -0.468 e. The number of fused-ring (bicyclic) bond motifs is 1. The maximum atomic E-state index is 12.6. The Hall–Kier alpha value is -2.67. The van der Waals surface area contributed by atoms with Gasteiger partial charge in [0.1, 0.15) is 5.25 Å². The predicted molar refractivity (Wildman–Crippen MR) is 94.3 cm³/mol. The summed E-state index contributed by atoms with van der Waals surface area (Å²) in [6.45, 7) is 1.92. The van der Waals surface area contributed by atoms with Crippen molar-refractivity contribution in [3.05, 3.63) is 48.0 Å². The van der Waals surface area contributed by atoms with E-state index in [1.807, 2.05) is 6.07 Å². The Morgan fingerprint density at radius 2 is 1.92 bits per heavy atom. The van der Waals surface area contributed by atoms with Crippen LogP contribution >= 0.6 is 11.8 Å². The van der Waals surface area contributed by atoms with E-state index in [1.165, 1.54) is 18.9 Å². The Morgan fingerprint density at radius 3 is 2.72 bits per heavy atom. The van der Waals surface area contributed by atoms with Gasteiger partial charge in [-0.2, -0.15) is 0 Å². The van der Waals surface area contributed by atoms with Crippen LogP contribution in [-0.4, -0.2) is 31.0 Å². The second-order valence-electron chi connectivity index (χ2n) is 5.30. The van der Waals surface area contributed by atoms with E-state index in [4.69, 9.17) is 14.2 Å². The Morgan fingerprint density at radius 1 is 1.16 bits per heavy atom. The van der Waals surface area contributed by atoms with Crippen LogP contribution in [0, 0.1) is 0 Å². The lowest BCUT2D eigenvalue weighted by molar-refractivity contribution is -0.139. The van der Waals surface area contributed by atoms with Crippen molar-refractivity contribution in [3.63, 3.8) is 0 Å². The molecule has 0 radical (unpaired) electrons. The van der Waals surface area contributed by atoms with Gasteiger partial charge in [0.25, 0.3) is 5.91 Å². The summed E-state index contributed by atoms with van der Waals surface area (Å²) in [5.74, 6) is 0.649. The lowest BCUT2D eigenvalue weighted by atomic mass is 10.2. The number of thioether (sulfide) groups is 1.